The molecule has 2 bridgehead atoms. The average molecular weight is 435 g/mol. The maximum Gasteiger partial charge on any atom is 0.269 e. The number of aryl methyl sites for hydroxylation is 1. The summed E-state index contributed by atoms with van der Waals surface area (Å²) >= 11 is 0. The highest BCUT2D eigenvalue weighted by atomic mass is 16.2. The van der Waals surface area contributed by atoms with E-state index in [9.17, 15) is 9.59 Å². The number of allylic oxidation sites excluding steroid dienone is 3. The zero-order valence-electron chi connectivity index (χ0n) is 18.9. The number of nitrogens with one attached hydrogen (secondary N) is 2. The Hall–Kier alpha value is -3.26. The molecule has 3 aliphatic heterocycles. The standard InChI is InChI=1S/C24H30N6O2/c1-5-17-9-21-22(28-23(17)31)8-16(11-27-21)12-30-18-10-19(30)14-29(13-18)15(2)6-7-20(25-3)24(32)26-4/h6-9,11,18-19H,3,5,10,12-14H2,1-2,4H3,(H,26,32)(H,28,31)/b15-6+,20-7-. The second-order valence-electron chi connectivity index (χ2n) is 8.47. The van der Waals surface area contributed by atoms with Crippen LogP contribution in [-0.4, -0.2) is 64.6 Å². The largest absolute Gasteiger partial charge is 0.372 e. The quantitative estimate of drug-likeness (QED) is 0.395. The number of carbonyl (C=O) groups excluding carboxylic acids is 1. The van der Waals surface area contributed by atoms with Crippen LogP contribution in [0.1, 0.15) is 31.4 Å². The third-order valence-corrected chi connectivity index (χ3v) is 6.53. The minimum atomic E-state index is -0.243. The first kappa shape index (κ1) is 22.0. The summed E-state index contributed by atoms with van der Waals surface area (Å²) in [5.41, 5.74) is 4.90. The first-order chi connectivity index (χ1) is 15.4. The van der Waals surface area contributed by atoms with E-state index in [1.807, 2.05) is 31.3 Å². The third kappa shape index (κ3) is 4.23. The van der Waals surface area contributed by atoms with E-state index in [1.165, 1.54) is 6.42 Å². The fourth-order valence-corrected chi connectivity index (χ4v) is 4.59. The van der Waals surface area contributed by atoms with Crippen LogP contribution in [0.5, 0.6) is 0 Å². The normalized spacial score (nSPS) is 21.4. The number of aromatic nitrogens is 2. The number of amides is 1. The maximum atomic E-state index is 12.2. The predicted molar refractivity (Wildman–Crippen MR) is 127 cm³/mol. The lowest BCUT2D eigenvalue weighted by Crippen LogP contribution is -2.67. The summed E-state index contributed by atoms with van der Waals surface area (Å²) in [7, 11) is 1.58. The van der Waals surface area contributed by atoms with Gasteiger partial charge in [0.1, 0.15) is 5.70 Å². The van der Waals surface area contributed by atoms with Gasteiger partial charge in [0.15, 0.2) is 0 Å². The molecule has 2 aromatic rings. The van der Waals surface area contributed by atoms with Crippen LogP contribution in [0.25, 0.3) is 11.0 Å². The van der Waals surface area contributed by atoms with E-state index < -0.39 is 0 Å². The van der Waals surface area contributed by atoms with Gasteiger partial charge in [-0.25, -0.2) is 0 Å². The van der Waals surface area contributed by atoms with E-state index in [0.717, 1.165) is 47.5 Å². The van der Waals surface area contributed by atoms with Crippen molar-refractivity contribution in [3.63, 3.8) is 0 Å². The second-order valence-corrected chi connectivity index (χ2v) is 8.47. The van der Waals surface area contributed by atoms with Crippen molar-refractivity contribution in [2.75, 3.05) is 20.1 Å². The SMILES string of the molecule is C=N/C(=C\C=C(/C)N1CC2CC(C1)N2Cc1cnc2cc(CC)c(=O)[nH]c2c1)C(=O)NC. The Bertz CT molecular complexity index is 1150. The van der Waals surface area contributed by atoms with E-state index in [-0.39, 0.29) is 11.5 Å². The Morgan fingerprint density at radius 1 is 1.34 bits per heavy atom. The van der Waals surface area contributed by atoms with Crippen LogP contribution in [0.15, 0.2) is 51.7 Å². The molecule has 8 heteroatoms. The molecule has 3 aliphatic rings. The van der Waals surface area contributed by atoms with Gasteiger partial charge in [0, 0.05) is 56.2 Å². The molecule has 2 aromatic heterocycles. The van der Waals surface area contributed by atoms with Crippen LogP contribution in [0.4, 0.5) is 0 Å². The van der Waals surface area contributed by atoms with Crippen molar-refractivity contribution >= 4 is 23.7 Å². The van der Waals surface area contributed by atoms with Crippen molar-refractivity contribution in [2.24, 2.45) is 4.99 Å². The van der Waals surface area contributed by atoms with Crippen molar-refractivity contribution in [2.45, 2.75) is 45.3 Å². The molecule has 5 heterocycles. The summed E-state index contributed by atoms with van der Waals surface area (Å²) in [5, 5.41) is 2.57. The minimum Gasteiger partial charge on any atom is -0.372 e. The Labute approximate surface area is 187 Å². The molecule has 3 fully saturated rings. The molecule has 2 unspecified atom stereocenters. The molecular formula is C24H30N6O2. The Balaban J connectivity index is 1.42. The molecule has 2 N–H and O–H groups in total. The van der Waals surface area contributed by atoms with Gasteiger partial charge in [-0.05, 0) is 56.3 Å². The zero-order valence-corrected chi connectivity index (χ0v) is 18.9. The number of nitrogens with zero attached hydrogens (tertiary/aromatic N) is 4. The van der Waals surface area contributed by atoms with Crippen molar-refractivity contribution in [3.05, 3.63) is 63.4 Å². The molecule has 3 saturated heterocycles. The lowest BCUT2D eigenvalue weighted by molar-refractivity contribution is -0.117. The molecule has 8 nitrogen and oxygen atoms in total. The van der Waals surface area contributed by atoms with Crippen LogP contribution in [-0.2, 0) is 17.8 Å². The van der Waals surface area contributed by atoms with Gasteiger partial charge in [0.25, 0.3) is 11.5 Å². The van der Waals surface area contributed by atoms with Gasteiger partial charge < -0.3 is 15.2 Å². The number of pyridine rings is 2. The van der Waals surface area contributed by atoms with Gasteiger partial charge >= 0.3 is 0 Å². The summed E-state index contributed by atoms with van der Waals surface area (Å²) in [5.74, 6) is -0.243. The molecule has 2 atom stereocenters. The fraction of sp³-hybridized carbons (Fsp3) is 0.417. The number of hydrogen-bond donors (Lipinski definition) is 2. The molecule has 1 amide bonds. The highest BCUT2D eigenvalue weighted by molar-refractivity contribution is 5.93. The maximum absolute atomic E-state index is 12.2. The van der Waals surface area contributed by atoms with Gasteiger partial charge in [-0.15, -0.1) is 0 Å². The Morgan fingerprint density at radius 3 is 2.75 bits per heavy atom. The summed E-state index contributed by atoms with van der Waals surface area (Å²) in [6.45, 7) is 10.2. The molecule has 0 aromatic carbocycles. The molecular weight excluding hydrogens is 404 g/mol. The molecule has 168 valence electrons. The van der Waals surface area contributed by atoms with E-state index in [1.54, 1.807) is 13.1 Å². The van der Waals surface area contributed by atoms with Gasteiger partial charge in [0.2, 0.25) is 0 Å². The van der Waals surface area contributed by atoms with Crippen LogP contribution < -0.4 is 10.9 Å². The monoisotopic (exact) mass is 434 g/mol. The Kier molecular flexibility index (Phi) is 6.23. The average Bonchev–Trinajstić information content (AvgIpc) is 2.81. The van der Waals surface area contributed by atoms with E-state index in [0.29, 0.717) is 24.2 Å². The van der Waals surface area contributed by atoms with Crippen molar-refractivity contribution in [1.29, 1.82) is 0 Å². The molecule has 0 spiro atoms. The first-order valence-corrected chi connectivity index (χ1v) is 11.0. The number of rotatable bonds is 7. The highest BCUT2D eigenvalue weighted by Crippen LogP contribution is 2.35. The van der Waals surface area contributed by atoms with Crippen LogP contribution in [0.2, 0.25) is 0 Å². The van der Waals surface area contributed by atoms with E-state index in [2.05, 4.69) is 43.7 Å². The van der Waals surface area contributed by atoms with E-state index >= 15 is 0 Å². The smallest absolute Gasteiger partial charge is 0.269 e. The van der Waals surface area contributed by atoms with Crippen LogP contribution in [0.3, 0.4) is 0 Å². The number of likely N-dealkylation sites (N-methyl/N-ethyl adjacent to an activating group) is 1. The second kappa shape index (κ2) is 9.08. The molecule has 32 heavy (non-hydrogen) atoms. The molecule has 5 rings (SSSR count). The van der Waals surface area contributed by atoms with Gasteiger partial charge in [0.05, 0.1) is 11.0 Å². The minimum absolute atomic E-state index is 0.0297. The summed E-state index contributed by atoms with van der Waals surface area (Å²) < 4.78 is 0. The number of hydrogen-bond acceptors (Lipinski definition) is 6. The summed E-state index contributed by atoms with van der Waals surface area (Å²) in [6.07, 6.45) is 7.45. The van der Waals surface area contributed by atoms with Crippen LogP contribution >= 0.6 is 0 Å². The number of fused-ring (bicyclic) bond motifs is 3. The third-order valence-electron chi connectivity index (χ3n) is 6.53. The van der Waals surface area contributed by atoms with Crippen molar-refractivity contribution in [1.82, 2.24) is 25.1 Å². The number of carbonyl (C=O) groups is 1. The summed E-state index contributed by atoms with van der Waals surface area (Å²) in [4.78, 5) is 40.1. The number of aliphatic imine (C=N–C) groups is 1. The van der Waals surface area contributed by atoms with Crippen LogP contribution in [0, 0.1) is 0 Å². The lowest BCUT2D eigenvalue weighted by Gasteiger charge is -2.57. The number of piperazine rings is 1. The van der Waals surface area contributed by atoms with Gasteiger partial charge in [-0.2, -0.15) is 0 Å². The topological polar surface area (TPSA) is 93.7 Å². The number of H-pyrrole nitrogens is 1. The molecule has 0 aliphatic carbocycles. The zero-order chi connectivity index (χ0) is 22.8. The number of piperidine rings is 1. The van der Waals surface area contributed by atoms with Gasteiger partial charge in [-0.1, -0.05) is 6.92 Å². The van der Waals surface area contributed by atoms with Gasteiger partial charge in [-0.3, -0.25) is 24.5 Å². The van der Waals surface area contributed by atoms with Crippen molar-refractivity contribution < 1.29 is 4.79 Å². The Morgan fingerprint density at radius 2 is 2.09 bits per heavy atom. The summed E-state index contributed by atoms with van der Waals surface area (Å²) in [6, 6.07) is 4.89. The number of aromatic amines is 1. The highest BCUT2D eigenvalue weighted by Gasteiger charge is 2.44. The lowest BCUT2D eigenvalue weighted by atomic mass is 9.86. The molecule has 0 radical (unpaired) electrons. The van der Waals surface area contributed by atoms with E-state index in [4.69, 9.17) is 0 Å². The fourth-order valence-electron chi connectivity index (χ4n) is 4.59. The molecule has 0 saturated carbocycles. The predicted octanol–water partition coefficient (Wildman–Crippen LogP) is 1.98. The van der Waals surface area contributed by atoms with Crippen molar-refractivity contribution in [3.8, 4) is 0 Å². The first-order valence-electron chi connectivity index (χ1n) is 11.0.